The van der Waals surface area contributed by atoms with Crippen LogP contribution >= 0.6 is 0 Å². The number of benzene rings is 2. The van der Waals surface area contributed by atoms with Crippen molar-refractivity contribution in [2.45, 2.75) is 18.9 Å². The smallest absolute Gasteiger partial charge is 0.336 e. The minimum absolute atomic E-state index is 0.156. The van der Waals surface area contributed by atoms with Gasteiger partial charge in [-0.25, -0.2) is 4.79 Å². The molecule has 1 atom stereocenters. The molecule has 1 unspecified atom stereocenters. The lowest BCUT2D eigenvalue weighted by Crippen LogP contribution is -2.27. The van der Waals surface area contributed by atoms with E-state index in [0.717, 1.165) is 35.2 Å². The maximum Gasteiger partial charge on any atom is 0.336 e. The Balaban J connectivity index is 1.64. The number of hydrogen-bond acceptors (Lipinski definition) is 4. The average molecular weight is 354 g/mol. The normalized spacial score (nSPS) is 18.8. The molecule has 1 aromatic heterocycles. The second-order valence-corrected chi connectivity index (χ2v) is 6.80. The molecule has 4 heteroatoms. The summed E-state index contributed by atoms with van der Waals surface area (Å²) in [5.41, 5.74) is 4.42. The molecule has 132 valence electrons. The largest absolute Gasteiger partial charge is 0.423 e. The molecule has 2 heterocycles. The van der Waals surface area contributed by atoms with Crippen molar-refractivity contribution in [2.75, 3.05) is 5.01 Å². The van der Waals surface area contributed by atoms with Gasteiger partial charge in [-0.1, -0.05) is 54.6 Å². The van der Waals surface area contributed by atoms with Crippen molar-refractivity contribution in [1.29, 1.82) is 0 Å². The van der Waals surface area contributed by atoms with Gasteiger partial charge in [0, 0.05) is 23.4 Å². The summed E-state index contributed by atoms with van der Waals surface area (Å²) in [4.78, 5) is 12.1. The van der Waals surface area contributed by atoms with Gasteiger partial charge in [-0.05, 0) is 30.2 Å². The minimum atomic E-state index is -0.345. The lowest BCUT2D eigenvalue weighted by atomic mass is 9.96. The molecular formula is C23H18N2O2. The Bertz CT molecular complexity index is 1160. The van der Waals surface area contributed by atoms with E-state index in [1.807, 2.05) is 42.5 Å². The highest BCUT2D eigenvalue weighted by Gasteiger charge is 2.32. The maximum atomic E-state index is 12.1. The molecule has 0 spiro atoms. The monoisotopic (exact) mass is 354 g/mol. The highest BCUT2D eigenvalue weighted by atomic mass is 16.4. The third kappa shape index (κ3) is 2.79. The average Bonchev–Trinajstić information content (AvgIpc) is 3.37. The van der Waals surface area contributed by atoms with Gasteiger partial charge < -0.3 is 4.42 Å². The van der Waals surface area contributed by atoms with E-state index in [0.29, 0.717) is 5.58 Å². The molecule has 5 rings (SSSR count). The first-order valence-corrected chi connectivity index (χ1v) is 9.10. The van der Waals surface area contributed by atoms with Crippen LogP contribution in [0, 0.1) is 0 Å². The molecule has 0 saturated heterocycles. The van der Waals surface area contributed by atoms with E-state index in [-0.39, 0.29) is 11.7 Å². The number of fused-ring (bicyclic) bond motifs is 1. The molecule has 2 aromatic carbocycles. The molecule has 0 saturated carbocycles. The summed E-state index contributed by atoms with van der Waals surface area (Å²) in [6.07, 6.45) is 8.15. The third-order valence-corrected chi connectivity index (χ3v) is 5.12. The fourth-order valence-corrected chi connectivity index (χ4v) is 3.84. The number of rotatable bonds is 3. The molecular weight excluding hydrogens is 336 g/mol. The summed E-state index contributed by atoms with van der Waals surface area (Å²) in [6, 6.07) is 19.5. The summed E-state index contributed by atoms with van der Waals surface area (Å²) in [5.74, 6) is 0. The molecule has 0 amide bonds. The van der Waals surface area contributed by atoms with Crippen LogP contribution in [0.2, 0.25) is 0 Å². The van der Waals surface area contributed by atoms with E-state index in [1.54, 1.807) is 6.07 Å². The standard InChI is InChI=1S/C23H18N2O2/c26-23-14-19(18-12-6-7-13-22(18)27-23)20-15-21(16-8-4-5-9-16)25(24-20)17-10-2-1-3-11-17/h1-8,10-14,21H,9,15H2. The van der Waals surface area contributed by atoms with Crippen LogP contribution in [-0.4, -0.2) is 11.8 Å². The highest BCUT2D eigenvalue weighted by molar-refractivity contribution is 6.11. The first-order valence-electron chi connectivity index (χ1n) is 9.10. The van der Waals surface area contributed by atoms with E-state index in [9.17, 15) is 4.79 Å². The van der Waals surface area contributed by atoms with Gasteiger partial charge in [-0.15, -0.1) is 0 Å². The maximum absolute atomic E-state index is 12.1. The number of hydrogen-bond donors (Lipinski definition) is 0. The van der Waals surface area contributed by atoms with E-state index in [1.165, 1.54) is 5.57 Å². The molecule has 1 aliphatic carbocycles. The van der Waals surface area contributed by atoms with Crippen LogP contribution in [0.25, 0.3) is 11.0 Å². The van der Waals surface area contributed by atoms with Crippen molar-refractivity contribution < 1.29 is 4.42 Å². The first-order chi connectivity index (χ1) is 13.3. The Hall–Kier alpha value is -3.40. The van der Waals surface area contributed by atoms with Gasteiger partial charge in [0.1, 0.15) is 5.58 Å². The van der Waals surface area contributed by atoms with Crippen molar-refractivity contribution in [3.8, 4) is 0 Å². The van der Waals surface area contributed by atoms with Crippen molar-refractivity contribution in [2.24, 2.45) is 5.10 Å². The highest BCUT2D eigenvalue weighted by Crippen LogP contribution is 2.34. The van der Waals surface area contributed by atoms with E-state index in [4.69, 9.17) is 9.52 Å². The summed E-state index contributed by atoms with van der Waals surface area (Å²) >= 11 is 0. The molecule has 4 nitrogen and oxygen atoms in total. The minimum Gasteiger partial charge on any atom is -0.423 e. The van der Waals surface area contributed by atoms with Crippen LogP contribution in [-0.2, 0) is 0 Å². The molecule has 0 bridgehead atoms. The number of allylic oxidation sites excluding steroid dienone is 3. The second kappa shape index (κ2) is 6.40. The molecule has 1 aliphatic heterocycles. The van der Waals surface area contributed by atoms with Crippen molar-refractivity contribution in [3.63, 3.8) is 0 Å². The Morgan fingerprint density at radius 2 is 1.85 bits per heavy atom. The van der Waals surface area contributed by atoms with E-state index < -0.39 is 0 Å². The Kier molecular flexibility index (Phi) is 3.75. The van der Waals surface area contributed by atoms with Gasteiger partial charge in [0.15, 0.2) is 0 Å². The zero-order chi connectivity index (χ0) is 18.2. The first kappa shape index (κ1) is 15.8. The van der Waals surface area contributed by atoms with Gasteiger partial charge >= 0.3 is 5.63 Å². The Morgan fingerprint density at radius 1 is 1.04 bits per heavy atom. The fraction of sp³-hybridized carbons (Fsp3) is 0.130. The van der Waals surface area contributed by atoms with Crippen LogP contribution in [0.5, 0.6) is 0 Å². The summed E-state index contributed by atoms with van der Waals surface area (Å²) in [6.45, 7) is 0. The van der Waals surface area contributed by atoms with Gasteiger partial charge in [0.05, 0.1) is 17.4 Å². The third-order valence-electron chi connectivity index (χ3n) is 5.12. The van der Waals surface area contributed by atoms with Crippen LogP contribution in [0.4, 0.5) is 5.69 Å². The summed E-state index contributed by atoms with van der Waals surface area (Å²) in [7, 11) is 0. The lowest BCUT2D eigenvalue weighted by molar-refractivity contribution is 0.560. The predicted molar refractivity (Wildman–Crippen MR) is 108 cm³/mol. The van der Waals surface area contributed by atoms with Crippen molar-refractivity contribution in [3.05, 3.63) is 100 Å². The molecule has 0 fully saturated rings. The summed E-state index contributed by atoms with van der Waals surface area (Å²) < 4.78 is 5.35. The zero-order valence-corrected chi connectivity index (χ0v) is 14.7. The zero-order valence-electron chi connectivity index (χ0n) is 14.7. The van der Waals surface area contributed by atoms with Crippen LogP contribution in [0.3, 0.4) is 0 Å². The van der Waals surface area contributed by atoms with Crippen LogP contribution in [0.15, 0.2) is 98.8 Å². The second-order valence-electron chi connectivity index (χ2n) is 6.80. The fourth-order valence-electron chi connectivity index (χ4n) is 3.84. The topological polar surface area (TPSA) is 45.8 Å². The Morgan fingerprint density at radius 3 is 2.67 bits per heavy atom. The number of nitrogens with zero attached hydrogens (tertiary/aromatic N) is 2. The van der Waals surface area contributed by atoms with Gasteiger partial charge in [-0.2, -0.15) is 5.10 Å². The lowest BCUT2D eigenvalue weighted by Gasteiger charge is -2.24. The quantitative estimate of drug-likeness (QED) is 0.643. The van der Waals surface area contributed by atoms with Crippen LogP contribution in [0.1, 0.15) is 18.4 Å². The molecule has 0 radical (unpaired) electrons. The number of hydrazone groups is 1. The van der Waals surface area contributed by atoms with Gasteiger partial charge in [0.2, 0.25) is 0 Å². The summed E-state index contributed by atoms with van der Waals surface area (Å²) in [5, 5.41) is 7.95. The van der Waals surface area contributed by atoms with E-state index in [2.05, 4.69) is 35.4 Å². The number of anilines is 1. The van der Waals surface area contributed by atoms with Crippen molar-refractivity contribution in [1.82, 2.24) is 0 Å². The van der Waals surface area contributed by atoms with Crippen LogP contribution < -0.4 is 10.6 Å². The van der Waals surface area contributed by atoms with Gasteiger partial charge in [-0.3, -0.25) is 5.01 Å². The number of para-hydroxylation sites is 2. The van der Waals surface area contributed by atoms with E-state index >= 15 is 0 Å². The molecule has 3 aromatic rings. The van der Waals surface area contributed by atoms with Gasteiger partial charge in [0.25, 0.3) is 0 Å². The van der Waals surface area contributed by atoms with Crippen molar-refractivity contribution >= 4 is 22.4 Å². The molecule has 2 aliphatic rings. The predicted octanol–water partition coefficient (Wildman–Crippen LogP) is 4.66. The SMILES string of the molecule is O=c1cc(C2=NN(c3ccccc3)C(C3=CC=CC3)C2)c2ccccc2o1. The Labute approximate surface area is 156 Å². The molecule has 0 N–H and O–H groups in total. The molecule has 27 heavy (non-hydrogen) atoms.